The van der Waals surface area contributed by atoms with Gasteiger partial charge in [0.15, 0.2) is 5.75 Å². The van der Waals surface area contributed by atoms with E-state index in [2.05, 4.69) is 9.72 Å². The van der Waals surface area contributed by atoms with Crippen LogP contribution in [0.15, 0.2) is 18.3 Å². The molecule has 0 atom stereocenters. The second-order valence-corrected chi connectivity index (χ2v) is 3.78. The summed E-state index contributed by atoms with van der Waals surface area (Å²) < 4.78 is 69.9. The number of pyridine rings is 1. The van der Waals surface area contributed by atoms with Crippen LogP contribution in [0.2, 0.25) is 0 Å². The molecule has 20 heavy (non-hydrogen) atoms. The molecule has 0 fully saturated rings. The molecule has 0 aliphatic carbocycles. The maximum atomic E-state index is 13.3. The molecule has 2 aromatic rings. The zero-order valence-electron chi connectivity index (χ0n) is 9.76. The Balaban J connectivity index is 2.30. The lowest BCUT2D eigenvalue weighted by molar-refractivity contribution is 0.253. The summed E-state index contributed by atoms with van der Waals surface area (Å²) in [4.78, 5) is 3.67. The van der Waals surface area contributed by atoms with E-state index in [0.29, 0.717) is 5.56 Å². The highest BCUT2D eigenvalue weighted by molar-refractivity contribution is 5.33. The Kier molecular flexibility index (Phi) is 3.73. The van der Waals surface area contributed by atoms with Crippen molar-refractivity contribution < 1.29 is 26.7 Å². The first-order valence-electron chi connectivity index (χ1n) is 5.26. The van der Waals surface area contributed by atoms with Crippen LogP contribution in [0.1, 0.15) is 5.56 Å². The Bertz CT molecular complexity index is 634. The number of halogens is 5. The molecule has 0 amide bonds. The van der Waals surface area contributed by atoms with E-state index in [-0.39, 0.29) is 5.82 Å². The van der Waals surface area contributed by atoms with Crippen molar-refractivity contribution in [2.45, 2.75) is 6.61 Å². The van der Waals surface area contributed by atoms with Crippen LogP contribution in [-0.4, -0.2) is 4.98 Å². The van der Waals surface area contributed by atoms with Gasteiger partial charge in [-0.05, 0) is 17.7 Å². The summed E-state index contributed by atoms with van der Waals surface area (Å²) in [5.41, 5.74) is 5.73. The molecule has 0 saturated heterocycles. The first-order valence-corrected chi connectivity index (χ1v) is 5.26. The maximum absolute atomic E-state index is 13.3. The number of nitrogens with two attached hydrogens (primary N) is 1. The minimum absolute atomic E-state index is 0.128. The van der Waals surface area contributed by atoms with Crippen LogP contribution in [0, 0.1) is 29.1 Å². The molecule has 106 valence electrons. The molecular formula is C12H7F5N2O. The van der Waals surface area contributed by atoms with Crippen molar-refractivity contribution >= 4 is 5.82 Å². The Morgan fingerprint density at radius 1 is 0.950 bits per heavy atom. The van der Waals surface area contributed by atoms with Crippen LogP contribution < -0.4 is 10.5 Å². The lowest BCUT2D eigenvalue weighted by atomic mass is 10.2. The Hall–Kier alpha value is -2.38. The van der Waals surface area contributed by atoms with Gasteiger partial charge in [-0.1, -0.05) is 0 Å². The van der Waals surface area contributed by atoms with Crippen molar-refractivity contribution in [3.8, 4) is 5.75 Å². The van der Waals surface area contributed by atoms with Crippen LogP contribution in [-0.2, 0) is 6.61 Å². The number of anilines is 1. The van der Waals surface area contributed by atoms with Crippen molar-refractivity contribution in [1.29, 1.82) is 0 Å². The smallest absolute Gasteiger partial charge is 0.207 e. The highest BCUT2D eigenvalue weighted by Crippen LogP contribution is 2.29. The average Bonchev–Trinajstić information content (AvgIpc) is 2.43. The molecule has 1 aromatic heterocycles. The van der Waals surface area contributed by atoms with Gasteiger partial charge in [0.2, 0.25) is 29.1 Å². The molecule has 3 nitrogen and oxygen atoms in total. The standard InChI is InChI=1S/C12H7F5N2O/c13-7-8(14)10(16)12(11(17)9(7)15)20-4-5-1-2-19-6(18)3-5/h1-3H,4H2,(H2,18,19). The lowest BCUT2D eigenvalue weighted by Crippen LogP contribution is -2.07. The number of hydrogen-bond donors (Lipinski definition) is 1. The van der Waals surface area contributed by atoms with E-state index in [9.17, 15) is 22.0 Å². The summed E-state index contributed by atoms with van der Waals surface area (Å²) >= 11 is 0. The number of aromatic nitrogens is 1. The number of benzene rings is 1. The Labute approximate surface area is 109 Å². The molecular weight excluding hydrogens is 283 g/mol. The first kappa shape index (κ1) is 14.0. The van der Waals surface area contributed by atoms with Gasteiger partial charge in [-0.2, -0.15) is 8.78 Å². The van der Waals surface area contributed by atoms with Crippen molar-refractivity contribution in [1.82, 2.24) is 4.98 Å². The van der Waals surface area contributed by atoms with Crippen molar-refractivity contribution in [2.24, 2.45) is 0 Å². The Morgan fingerprint density at radius 3 is 2.05 bits per heavy atom. The Morgan fingerprint density at radius 2 is 1.50 bits per heavy atom. The van der Waals surface area contributed by atoms with Crippen LogP contribution in [0.4, 0.5) is 27.8 Å². The van der Waals surface area contributed by atoms with Gasteiger partial charge >= 0.3 is 0 Å². The molecule has 0 bridgehead atoms. The van der Waals surface area contributed by atoms with E-state index in [1.165, 1.54) is 18.3 Å². The summed E-state index contributed by atoms with van der Waals surface area (Å²) in [7, 11) is 0. The molecule has 0 radical (unpaired) electrons. The summed E-state index contributed by atoms with van der Waals surface area (Å²) in [6, 6.07) is 2.76. The number of rotatable bonds is 3. The first-order chi connectivity index (χ1) is 9.41. The molecule has 2 N–H and O–H groups in total. The van der Waals surface area contributed by atoms with Gasteiger partial charge in [0.1, 0.15) is 12.4 Å². The quantitative estimate of drug-likeness (QED) is 0.537. The molecule has 0 spiro atoms. The molecule has 1 heterocycles. The molecule has 0 aliphatic heterocycles. The van der Waals surface area contributed by atoms with E-state index >= 15 is 0 Å². The van der Waals surface area contributed by atoms with Gasteiger partial charge < -0.3 is 10.5 Å². The number of ether oxygens (including phenoxy) is 1. The second kappa shape index (κ2) is 5.32. The van der Waals surface area contributed by atoms with Gasteiger partial charge in [-0.15, -0.1) is 0 Å². The predicted molar refractivity (Wildman–Crippen MR) is 59.2 cm³/mol. The molecule has 8 heteroatoms. The van der Waals surface area contributed by atoms with Crippen LogP contribution in [0.5, 0.6) is 5.75 Å². The molecule has 2 rings (SSSR count). The minimum atomic E-state index is -2.24. The summed E-state index contributed by atoms with van der Waals surface area (Å²) in [5.74, 6) is -11.6. The van der Waals surface area contributed by atoms with E-state index in [1.807, 2.05) is 0 Å². The largest absolute Gasteiger partial charge is 0.483 e. The van der Waals surface area contributed by atoms with Crippen molar-refractivity contribution in [3.63, 3.8) is 0 Å². The van der Waals surface area contributed by atoms with Gasteiger partial charge in [-0.3, -0.25) is 0 Å². The average molecular weight is 290 g/mol. The summed E-state index contributed by atoms with van der Waals surface area (Å²) in [6.45, 7) is -0.426. The summed E-state index contributed by atoms with van der Waals surface area (Å²) in [6.07, 6.45) is 1.31. The molecule has 0 unspecified atom stereocenters. The summed E-state index contributed by atoms with van der Waals surface area (Å²) in [5, 5.41) is 0. The fraction of sp³-hybridized carbons (Fsp3) is 0.0833. The van der Waals surface area contributed by atoms with Gasteiger partial charge in [-0.25, -0.2) is 18.2 Å². The third kappa shape index (κ3) is 2.49. The lowest BCUT2D eigenvalue weighted by Gasteiger charge is -2.10. The van der Waals surface area contributed by atoms with E-state index in [1.54, 1.807) is 0 Å². The molecule has 0 aliphatic rings. The van der Waals surface area contributed by atoms with Crippen LogP contribution in [0.3, 0.4) is 0 Å². The second-order valence-electron chi connectivity index (χ2n) is 3.78. The monoisotopic (exact) mass is 290 g/mol. The van der Waals surface area contributed by atoms with Gasteiger partial charge in [0.25, 0.3) is 0 Å². The van der Waals surface area contributed by atoms with Gasteiger partial charge in [0.05, 0.1) is 0 Å². The maximum Gasteiger partial charge on any atom is 0.207 e. The van der Waals surface area contributed by atoms with Crippen molar-refractivity contribution in [3.05, 3.63) is 53.0 Å². The fourth-order valence-corrected chi connectivity index (χ4v) is 1.45. The van der Waals surface area contributed by atoms with Gasteiger partial charge in [0, 0.05) is 6.20 Å². The number of nitrogens with zero attached hydrogens (tertiary/aromatic N) is 1. The zero-order valence-corrected chi connectivity index (χ0v) is 9.76. The van der Waals surface area contributed by atoms with Crippen LogP contribution in [0.25, 0.3) is 0 Å². The minimum Gasteiger partial charge on any atom is -0.483 e. The topological polar surface area (TPSA) is 48.1 Å². The zero-order chi connectivity index (χ0) is 14.9. The van der Waals surface area contributed by atoms with Crippen molar-refractivity contribution in [2.75, 3.05) is 5.73 Å². The van der Waals surface area contributed by atoms with E-state index < -0.39 is 41.4 Å². The molecule has 1 aromatic carbocycles. The SMILES string of the molecule is Nc1cc(COc2c(F)c(F)c(F)c(F)c2F)ccn1. The van der Waals surface area contributed by atoms with E-state index in [0.717, 1.165) is 0 Å². The van der Waals surface area contributed by atoms with Crippen LogP contribution >= 0.6 is 0 Å². The fourth-order valence-electron chi connectivity index (χ4n) is 1.45. The van der Waals surface area contributed by atoms with E-state index in [4.69, 9.17) is 5.73 Å². The highest BCUT2D eigenvalue weighted by atomic mass is 19.2. The highest BCUT2D eigenvalue weighted by Gasteiger charge is 2.26. The predicted octanol–water partition coefficient (Wildman–Crippen LogP) is 2.94. The normalized spacial score (nSPS) is 10.7. The third-order valence-electron chi connectivity index (χ3n) is 2.40. The number of nitrogen functional groups attached to an aromatic ring is 1. The molecule has 0 saturated carbocycles. The number of hydrogen-bond acceptors (Lipinski definition) is 3. The third-order valence-corrected chi connectivity index (χ3v) is 2.40.